The van der Waals surface area contributed by atoms with Crippen molar-refractivity contribution >= 4 is 25.9 Å². The van der Waals surface area contributed by atoms with E-state index in [4.69, 9.17) is 39.6 Å². The Hall–Kier alpha value is -2.28. The zero-order chi connectivity index (χ0) is 31.3. The minimum Gasteiger partial charge on any atom is -0.554 e. The molecule has 12 nitrogen and oxygen atoms in total. The highest BCUT2D eigenvalue weighted by Crippen LogP contribution is 1.94. The van der Waals surface area contributed by atoms with Gasteiger partial charge in [0.1, 0.15) is 0 Å². The number of hydrogen-bond acceptors (Lipinski definition) is 8. The quantitative estimate of drug-likeness (QED) is 0.204. The summed E-state index contributed by atoms with van der Waals surface area (Å²) in [5.41, 5.74) is 0. The van der Waals surface area contributed by atoms with Gasteiger partial charge >= 0.3 is 0 Å². The van der Waals surface area contributed by atoms with Crippen molar-refractivity contribution in [2.45, 2.75) is 77.0 Å². The van der Waals surface area contributed by atoms with Gasteiger partial charge in [-0.15, -0.1) is 0 Å². The first-order chi connectivity index (χ1) is 19.2. The zero-order valence-electron chi connectivity index (χ0n) is 25.7. The van der Waals surface area contributed by atoms with E-state index >= 15 is 0 Å². The fourth-order valence-corrected chi connectivity index (χ4v) is 4.62. The highest BCUT2D eigenvalue weighted by Gasteiger charge is 2.07. The van der Waals surface area contributed by atoms with Crippen molar-refractivity contribution in [2.24, 2.45) is 0 Å². The highest BCUT2D eigenvalue weighted by molar-refractivity contribution is 5.30. The third-order valence-corrected chi connectivity index (χ3v) is 6.83. The monoisotopic (exact) mass is 580 g/mol. The molecule has 0 unspecified atom stereocenters. The molecule has 4 saturated heterocycles. The third kappa shape index (κ3) is 48.7. The predicted molar refractivity (Wildman–Crippen MR) is 146 cm³/mol. The van der Waals surface area contributed by atoms with E-state index in [-0.39, 0.29) is 0 Å². The first kappa shape index (κ1) is 44.7. The van der Waals surface area contributed by atoms with Gasteiger partial charge in [-0.25, -0.2) is 0 Å². The Kier molecular flexibility index (Phi) is 46.1. The third-order valence-electron chi connectivity index (χ3n) is 6.83. The molecule has 4 heterocycles. The van der Waals surface area contributed by atoms with Crippen LogP contribution < -0.4 is 40.0 Å². The molecule has 0 aromatic rings. The molecular formula is C28H60N4O8. The fraction of sp³-hybridized carbons (Fsp3) is 0.857. The summed E-state index contributed by atoms with van der Waals surface area (Å²) in [6, 6.07) is 0. The number of carboxylic acid groups (broad SMARTS) is 4. The van der Waals surface area contributed by atoms with E-state index in [1.165, 1.54) is 129 Å². The van der Waals surface area contributed by atoms with E-state index in [0.717, 1.165) is 0 Å². The summed E-state index contributed by atoms with van der Waals surface area (Å²) in [6.45, 7) is 9.22. The van der Waals surface area contributed by atoms with E-state index in [9.17, 15) is 0 Å². The summed E-state index contributed by atoms with van der Waals surface area (Å²) >= 11 is 0. The standard InChI is InChI=1S/4C6H13N.4CH2O2/c4*1-7-5-3-2-4-6-7;4*2-1-3/h4*2-6H2,1H3;4*1H,(H,2,3). The van der Waals surface area contributed by atoms with Gasteiger partial charge in [-0.1, -0.05) is 0 Å². The molecule has 4 N–H and O–H groups in total. The van der Waals surface area contributed by atoms with Gasteiger partial charge in [0.25, 0.3) is 0 Å². The minimum absolute atomic E-state index is 0.500. The van der Waals surface area contributed by atoms with Crippen molar-refractivity contribution in [3.8, 4) is 0 Å². The molecule has 4 fully saturated rings. The summed E-state index contributed by atoms with van der Waals surface area (Å²) in [5, 5.41) is 33.0. The van der Waals surface area contributed by atoms with E-state index < -0.39 is 25.9 Å². The maximum absolute atomic E-state index is 8.25. The van der Waals surface area contributed by atoms with Gasteiger partial charge in [-0.3, -0.25) is 0 Å². The van der Waals surface area contributed by atoms with Crippen molar-refractivity contribution in [1.82, 2.24) is 0 Å². The summed E-state index contributed by atoms with van der Waals surface area (Å²) < 4.78 is 0. The second-order valence-electron chi connectivity index (χ2n) is 10.5. The Morgan fingerprint density at radius 3 is 0.475 bits per heavy atom. The van der Waals surface area contributed by atoms with E-state index in [2.05, 4.69) is 28.2 Å². The van der Waals surface area contributed by atoms with Crippen LogP contribution >= 0.6 is 0 Å². The number of piperidine rings is 4. The lowest BCUT2D eigenvalue weighted by molar-refractivity contribution is -0.884. The molecule has 4 rings (SSSR count). The van der Waals surface area contributed by atoms with Crippen LogP contribution in [0.5, 0.6) is 0 Å². The van der Waals surface area contributed by atoms with Crippen molar-refractivity contribution in [2.75, 3.05) is 80.5 Å². The van der Waals surface area contributed by atoms with E-state index in [1.54, 1.807) is 19.6 Å². The van der Waals surface area contributed by atoms with Crippen LogP contribution in [0.1, 0.15) is 77.0 Å². The van der Waals surface area contributed by atoms with E-state index in [0.29, 0.717) is 0 Å². The molecule has 40 heavy (non-hydrogen) atoms. The fourth-order valence-electron chi connectivity index (χ4n) is 4.62. The second-order valence-corrected chi connectivity index (χ2v) is 10.5. The van der Waals surface area contributed by atoms with Crippen molar-refractivity contribution in [3.63, 3.8) is 0 Å². The number of carbonyl (C=O) groups excluding carboxylic acids is 4. The van der Waals surface area contributed by atoms with Crippen LogP contribution in [0, 0.1) is 0 Å². The average Bonchev–Trinajstić information content (AvgIpc) is 2.94. The van der Waals surface area contributed by atoms with E-state index in [1.807, 2.05) is 0 Å². The van der Waals surface area contributed by atoms with Crippen LogP contribution in [0.3, 0.4) is 0 Å². The van der Waals surface area contributed by atoms with Crippen molar-refractivity contribution < 1.29 is 59.2 Å². The van der Waals surface area contributed by atoms with Gasteiger partial charge in [-0.05, 0) is 77.0 Å². The minimum atomic E-state index is -0.500. The van der Waals surface area contributed by atoms with Crippen LogP contribution in [-0.2, 0) is 19.2 Å². The van der Waals surface area contributed by atoms with Gasteiger partial charge in [-0.2, -0.15) is 0 Å². The molecule has 0 aliphatic carbocycles. The topological polar surface area (TPSA) is 178 Å². The molecule has 4 aliphatic rings. The second kappa shape index (κ2) is 41.2. The predicted octanol–water partition coefficient (Wildman–Crippen LogP) is -7.80. The molecule has 12 heteroatoms. The lowest BCUT2D eigenvalue weighted by atomic mass is 10.1. The Morgan fingerprint density at radius 1 is 0.325 bits per heavy atom. The first-order valence-electron chi connectivity index (χ1n) is 14.7. The van der Waals surface area contributed by atoms with Crippen LogP contribution in [-0.4, -0.2) is 106 Å². The van der Waals surface area contributed by atoms with Crippen LogP contribution in [0.15, 0.2) is 0 Å². The lowest BCUT2D eigenvalue weighted by Crippen LogP contribution is -3.09. The Balaban J connectivity index is -0.000000192. The molecule has 240 valence electrons. The zero-order valence-corrected chi connectivity index (χ0v) is 25.7. The number of nitrogens with one attached hydrogen (secondary N) is 4. The number of likely N-dealkylation sites (tertiary alicyclic amines) is 4. The van der Waals surface area contributed by atoms with Crippen molar-refractivity contribution in [1.29, 1.82) is 0 Å². The molecule has 0 aromatic heterocycles. The smallest absolute Gasteiger partial charge is 0.0768 e. The molecule has 0 amide bonds. The SMILES string of the molecule is C[NH+]1CCCCC1.C[NH+]1CCCCC1.C[NH+]1CCCCC1.C[NH+]1CCCCC1.O=C[O-].O=C[O-].O=C[O-].O=C[O-]. The highest BCUT2D eigenvalue weighted by atomic mass is 16.4. The molecule has 0 bridgehead atoms. The number of rotatable bonds is 0. The van der Waals surface area contributed by atoms with Crippen LogP contribution in [0.4, 0.5) is 0 Å². The van der Waals surface area contributed by atoms with Gasteiger partial charge in [0, 0.05) is 25.9 Å². The summed E-state index contributed by atoms with van der Waals surface area (Å²) in [4.78, 5) is 39.9. The summed E-state index contributed by atoms with van der Waals surface area (Å²) in [5.74, 6) is 0. The normalized spacial score (nSPS) is 18.9. The van der Waals surface area contributed by atoms with Gasteiger partial charge in [0.05, 0.1) is 80.5 Å². The van der Waals surface area contributed by atoms with Crippen molar-refractivity contribution in [3.05, 3.63) is 0 Å². The van der Waals surface area contributed by atoms with Crippen LogP contribution in [0.25, 0.3) is 0 Å². The number of hydrogen-bond donors (Lipinski definition) is 4. The Bertz CT molecular complexity index is 407. The molecule has 0 saturated carbocycles. The van der Waals surface area contributed by atoms with Gasteiger partial charge in [0.2, 0.25) is 0 Å². The molecule has 0 radical (unpaired) electrons. The lowest BCUT2D eigenvalue weighted by Gasteiger charge is -2.17. The Labute approximate surface area is 242 Å². The number of carbonyl (C=O) groups is 4. The van der Waals surface area contributed by atoms with Crippen LogP contribution in [0.2, 0.25) is 0 Å². The average molecular weight is 581 g/mol. The first-order valence-corrected chi connectivity index (χ1v) is 14.7. The summed E-state index contributed by atoms with van der Waals surface area (Å²) in [6.07, 6.45) is 17.5. The molecule has 4 aliphatic heterocycles. The molecular weight excluding hydrogens is 520 g/mol. The van der Waals surface area contributed by atoms with Gasteiger partial charge in [0.15, 0.2) is 0 Å². The number of quaternary nitrogens is 4. The maximum atomic E-state index is 8.25. The summed E-state index contributed by atoms with van der Waals surface area (Å²) in [7, 11) is 9.11. The largest absolute Gasteiger partial charge is 0.554 e. The van der Waals surface area contributed by atoms with Gasteiger partial charge < -0.3 is 59.2 Å². The Morgan fingerprint density at radius 2 is 0.425 bits per heavy atom. The molecule has 0 spiro atoms. The molecule has 0 atom stereocenters. The molecule has 0 aromatic carbocycles. The maximum Gasteiger partial charge on any atom is 0.0768 e.